The SMILES string of the molecule is CN=C(NCCOC)NCCOc1cccc(C(C)(C)C)c1. The highest BCUT2D eigenvalue weighted by atomic mass is 16.5. The molecule has 124 valence electrons. The van der Waals surface area contributed by atoms with E-state index in [1.165, 1.54) is 5.56 Å². The summed E-state index contributed by atoms with van der Waals surface area (Å²) in [6.07, 6.45) is 0. The molecule has 0 unspecified atom stereocenters. The van der Waals surface area contributed by atoms with Crippen LogP contribution in [0.4, 0.5) is 0 Å². The Kier molecular flexibility index (Phi) is 7.74. The van der Waals surface area contributed by atoms with Crippen LogP contribution >= 0.6 is 0 Å². The van der Waals surface area contributed by atoms with E-state index in [0.717, 1.165) is 18.3 Å². The second kappa shape index (κ2) is 9.30. The number of guanidine groups is 1. The number of hydrogen-bond acceptors (Lipinski definition) is 3. The van der Waals surface area contributed by atoms with Crippen LogP contribution in [0.3, 0.4) is 0 Å². The van der Waals surface area contributed by atoms with Gasteiger partial charge in [-0.3, -0.25) is 4.99 Å². The Hall–Kier alpha value is -1.75. The second-order valence-electron chi connectivity index (χ2n) is 6.04. The van der Waals surface area contributed by atoms with Crippen LogP contribution < -0.4 is 15.4 Å². The monoisotopic (exact) mass is 307 g/mol. The first kappa shape index (κ1) is 18.3. The van der Waals surface area contributed by atoms with Crippen LogP contribution in [-0.4, -0.2) is 46.4 Å². The first-order valence-corrected chi connectivity index (χ1v) is 7.64. The van der Waals surface area contributed by atoms with Gasteiger partial charge in [-0.15, -0.1) is 0 Å². The fraction of sp³-hybridized carbons (Fsp3) is 0.588. The number of ether oxygens (including phenoxy) is 2. The predicted molar refractivity (Wildman–Crippen MR) is 91.9 cm³/mol. The van der Waals surface area contributed by atoms with Crippen molar-refractivity contribution < 1.29 is 9.47 Å². The molecule has 0 saturated heterocycles. The van der Waals surface area contributed by atoms with Crippen LogP contribution in [0.25, 0.3) is 0 Å². The summed E-state index contributed by atoms with van der Waals surface area (Å²) in [5.41, 5.74) is 1.40. The molecule has 22 heavy (non-hydrogen) atoms. The van der Waals surface area contributed by atoms with Gasteiger partial charge >= 0.3 is 0 Å². The normalized spacial score (nSPS) is 12.1. The first-order valence-electron chi connectivity index (χ1n) is 7.64. The van der Waals surface area contributed by atoms with Crippen molar-refractivity contribution in [1.82, 2.24) is 10.6 Å². The van der Waals surface area contributed by atoms with E-state index in [0.29, 0.717) is 19.8 Å². The molecule has 0 atom stereocenters. The van der Waals surface area contributed by atoms with Gasteiger partial charge in [0.15, 0.2) is 5.96 Å². The van der Waals surface area contributed by atoms with Gasteiger partial charge < -0.3 is 20.1 Å². The Labute approximate surface area is 134 Å². The number of methoxy groups -OCH3 is 1. The minimum Gasteiger partial charge on any atom is -0.492 e. The Bertz CT molecular complexity index is 467. The van der Waals surface area contributed by atoms with Gasteiger partial charge in [-0.2, -0.15) is 0 Å². The van der Waals surface area contributed by atoms with Crippen molar-refractivity contribution in [1.29, 1.82) is 0 Å². The summed E-state index contributed by atoms with van der Waals surface area (Å²) >= 11 is 0. The van der Waals surface area contributed by atoms with E-state index >= 15 is 0 Å². The molecule has 0 aliphatic heterocycles. The molecule has 0 bridgehead atoms. The molecule has 0 radical (unpaired) electrons. The van der Waals surface area contributed by atoms with Gasteiger partial charge in [0, 0.05) is 20.7 Å². The van der Waals surface area contributed by atoms with Gasteiger partial charge in [0.2, 0.25) is 0 Å². The van der Waals surface area contributed by atoms with E-state index in [4.69, 9.17) is 9.47 Å². The highest BCUT2D eigenvalue weighted by Gasteiger charge is 2.13. The summed E-state index contributed by atoms with van der Waals surface area (Å²) in [6.45, 7) is 9.24. The minimum atomic E-state index is 0.130. The van der Waals surface area contributed by atoms with Crippen molar-refractivity contribution in [3.05, 3.63) is 29.8 Å². The third-order valence-electron chi connectivity index (χ3n) is 3.19. The van der Waals surface area contributed by atoms with E-state index in [1.807, 2.05) is 12.1 Å². The third-order valence-corrected chi connectivity index (χ3v) is 3.19. The lowest BCUT2D eigenvalue weighted by Crippen LogP contribution is -2.40. The van der Waals surface area contributed by atoms with Gasteiger partial charge in [0.25, 0.3) is 0 Å². The summed E-state index contributed by atoms with van der Waals surface area (Å²) in [5.74, 6) is 1.65. The number of aliphatic imine (C=N–C) groups is 1. The van der Waals surface area contributed by atoms with E-state index in [9.17, 15) is 0 Å². The van der Waals surface area contributed by atoms with Crippen molar-refractivity contribution in [2.45, 2.75) is 26.2 Å². The molecule has 0 saturated carbocycles. The van der Waals surface area contributed by atoms with Gasteiger partial charge in [0.1, 0.15) is 12.4 Å². The van der Waals surface area contributed by atoms with Crippen molar-refractivity contribution in [3.63, 3.8) is 0 Å². The maximum absolute atomic E-state index is 5.79. The van der Waals surface area contributed by atoms with Gasteiger partial charge in [-0.05, 0) is 23.1 Å². The standard InChI is InChI=1S/C17H29N3O2/c1-17(2,3)14-7-6-8-15(13-14)22-12-10-20-16(18-4)19-9-11-21-5/h6-8,13H,9-12H2,1-5H3,(H2,18,19,20). The lowest BCUT2D eigenvalue weighted by molar-refractivity contribution is 0.203. The summed E-state index contributed by atoms with van der Waals surface area (Å²) in [4.78, 5) is 4.13. The molecule has 0 fully saturated rings. The zero-order valence-electron chi connectivity index (χ0n) is 14.4. The molecule has 0 aliphatic rings. The smallest absolute Gasteiger partial charge is 0.191 e. The maximum atomic E-state index is 5.79. The topological polar surface area (TPSA) is 54.9 Å². The van der Waals surface area contributed by atoms with E-state index in [2.05, 4.69) is 48.5 Å². The van der Waals surface area contributed by atoms with Crippen molar-refractivity contribution in [2.24, 2.45) is 4.99 Å². The van der Waals surface area contributed by atoms with Crippen LogP contribution in [-0.2, 0) is 10.2 Å². The molecule has 1 aromatic carbocycles. The number of rotatable bonds is 7. The van der Waals surface area contributed by atoms with Crippen LogP contribution in [0.1, 0.15) is 26.3 Å². The predicted octanol–water partition coefficient (Wildman–Crippen LogP) is 2.17. The summed E-state index contributed by atoms with van der Waals surface area (Å²) in [5, 5.41) is 6.36. The molecule has 1 rings (SSSR count). The second-order valence-corrected chi connectivity index (χ2v) is 6.04. The molecule has 2 N–H and O–H groups in total. The Morgan fingerprint density at radius 2 is 1.82 bits per heavy atom. The summed E-state index contributed by atoms with van der Waals surface area (Å²) < 4.78 is 10.8. The minimum absolute atomic E-state index is 0.130. The molecular weight excluding hydrogens is 278 g/mol. The molecular formula is C17H29N3O2. The van der Waals surface area contributed by atoms with E-state index in [-0.39, 0.29) is 5.41 Å². The fourth-order valence-corrected chi connectivity index (χ4v) is 1.88. The number of nitrogens with one attached hydrogen (secondary N) is 2. The van der Waals surface area contributed by atoms with Crippen molar-refractivity contribution in [2.75, 3.05) is 40.5 Å². The van der Waals surface area contributed by atoms with Crippen molar-refractivity contribution in [3.8, 4) is 5.75 Å². The maximum Gasteiger partial charge on any atom is 0.191 e. The number of hydrogen-bond donors (Lipinski definition) is 2. The zero-order valence-corrected chi connectivity index (χ0v) is 14.4. The van der Waals surface area contributed by atoms with Crippen LogP contribution in [0, 0.1) is 0 Å². The largest absolute Gasteiger partial charge is 0.492 e. The zero-order chi connectivity index (χ0) is 16.4. The molecule has 0 aliphatic carbocycles. The fourth-order valence-electron chi connectivity index (χ4n) is 1.88. The number of nitrogens with zero attached hydrogens (tertiary/aromatic N) is 1. The lowest BCUT2D eigenvalue weighted by atomic mass is 9.87. The number of benzene rings is 1. The van der Waals surface area contributed by atoms with Crippen LogP contribution in [0.2, 0.25) is 0 Å². The average molecular weight is 307 g/mol. The molecule has 5 heteroatoms. The first-order chi connectivity index (χ1) is 10.5. The Morgan fingerprint density at radius 1 is 1.14 bits per heavy atom. The summed E-state index contributed by atoms with van der Waals surface area (Å²) in [6, 6.07) is 8.26. The molecule has 0 spiro atoms. The van der Waals surface area contributed by atoms with Crippen LogP contribution in [0.5, 0.6) is 5.75 Å². The van der Waals surface area contributed by atoms with E-state index < -0.39 is 0 Å². The Morgan fingerprint density at radius 3 is 2.41 bits per heavy atom. The lowest BCUT2D eigenvalue weighted by Gasteiger charge is -2.20. The average Bonchev–Trinajstić information content (AvgIpc) is 2.49. The molecule has 0 heterocycles. The summed E-state index contributed by atoms with van der Waals surface area (Å²) in [7, 11) is 3.42. The molecule has 0 aromatic heterocycles. The van der Waals surface area contributed by atoms with Crippen LogP contribution in [0.15, 0.2) is 29.3 Å². The van der Waals surface area contributed by atoms with Gasteiger partial charge in [0.05, 0.1) is 13.2 Å². The highest BCUT2D eigenvalue weighted by molar-refractivity contribution is 5.79. The molecule has 0 amide bonds. The third kappa shape index (κ3) is 6.80. The van der Waals surface area contributed by atoms with Gasteiger partial charge in [-0.25, -0.2) is 0 Å². The molecule has 1 aromatic rings. The Balaban J connectivity index is 2.35. The highest BCUT2D eigenvalue weighted by Crippen LogP contribution is 2.25. The van der Waals surface area contributed by atoms with Crippen molar-refractivity contribution >= 4 is 5.96 Å². The van der Waals surface area contributed by atoms with E-state index in [1.54, 1.807) is 14.2 Å². The molecule has 5 nitrogen and oxygen atoms in total. The van der Waals surface area contributed by atoms with Gasteiger partial charge in [-0.1, -0.05) is 32.9 Å². The quantitative estimate of drug-likeness (QED) is 0.460.